The third-order valence-corrected chi connectivity index (χ3v) is 5.69. The Labute approximate surface area is 108 Å². The quantitative estimate of drug-likeness (QED) is 0.817. The van der Waals surface area contributed by atoms with Gasteiger partial charge in [-0.25, -0.2) is 0 Å². The Morgan fingerprint density at radius 3 is 2.60 bits per heavy atom. The summed E-state index contributed by atoms with van der Waals surface area (Å²) in [6.07, 6.45) is 0. The van der Waals surface area contributed by atoms with Crippen molar-refractivity contribution in [1.82, 2.24) is 4.90 Å². The molecule has 0 N–H and O–H groups in total. The van der Waals surface area contributed by atoms with Crippen molar-refractivity contribution < 1.29 is 0 Å². The summed E-state index contributed by atoms with van der Waals surface area (Å²) < 4.78 is 1.27. The summed E-state index contributed by atoms with van der Waals surface area (Å²) in [5, 5.41) is 3.70. The first-order chi connectivity index (χ1) is 7.15. The molecule has 0 aromatic carbocycles. The molecule has 0 spiro atoms. The summed E-state index contributed by atoms with van der Waals surface area (Å²) in [7, 11) is 0. The molecule has 1 aliphatic heterocycles. The summed E-state index contributed by atoms with van der Waals surface area (Å²) in [5.41, 5.74) is 0. The zero-order valence-corrected chi connectivity index (χ0v) is 12.3. The van der Waals surface area contributed by atoms with Crippen molar-refractivity contribution in [1.29, 1.82) is 0 Å². The molecule has 2 heterocycles. The molecule has 0 saturated carbocycles. The van der Waals surface area contributed by atoms with Crippen LogP contribution in [0.4, 0.5) is 0 Å². The largest absolute Gasteiger partial charge is 0.296 e. The highest BCUT2D eigenvalue weighted by atomic mass is 79.9. The molecule has 1 aliphatic rings. The van der Waals surface area contributed by atoms with E-state index in [9.17, 15) is 0 Å². The second-order valence-corrected chi connectivity index (χ2v) is 7.88. The maximum absolute atomic E-state index is 3.60. The third-order valence-electron chi connectivity index (χ3n) is 2.55. The predicted octanol–water partition coefficient (Wildman–Crippen LogP) is 3.84. The van der Waals surface area contributed by atoms with Crippen LogP contribution in [0.2, 0.25) is 0 Å². The van der Waals surface area contributed by atoms with Crippen LogP contribution < -0.4 is 0 Å². The highest BCUT2D eigenvalue weighted by Crippen LogP contribution is 2.29. The van der Waals surface area contributed by atoms with Crippen LogP contribution >= 0.6 is 39.0 Å². The van der Waals surface area contributed by atoms with Crippen LogP contribution in [0.3, 0.4) is 0 Å². The van der Waals surface area contributed by atoms with Crippen LogP contribution in [0, 0.1) is 0 Å². The number of thioether (sulfide) groups is 1. The molecule has 1 aromatic rings. The molecular weight excluding hydrogens is 290 g/mol. The fraction of sp³-hybridized carbons (Fsp3) is 0.636. The molecule has 2 unspecified atom stereocenters. The molecule has 0 bridgehead atoms. The Hall–Kier alpha value is 0.490. The van der Waals surface area contributed by atoms with Crippen LogP contribution in [-0.2, 0) is 6.54 Å². The molecule has 1 aromatic heterocycles. The number of rotatable bonds is 2. The topological polar surface area (TPSA) is 3.24 Å². The van der Waals surface area contributed by atoms with Crippen molar-refractivity contribution in [3.05, 3.63) is 20.8 Å². The molecule has 2 atom stereocenters. The third kappa shape index (κ3) is 3.22. The van der Waals surface area contributed by atoms with E-state index in [4.69, 9.17) is 0 Å². The minimum Gasteiger partial charge on any atom is -0.296 e. The van der Waals surface area contributed by atoms with Crippen molar-refractivity contribution >= 4 is 39.0 Å². The molecule has 0 aliphatic carbocycles. The summed E-state index contributed by atoms with van der Waals surface area (Å²) in [6.45, 7) is 8.21. The second kappa shape index (κ2) is 5.21. The van der Waals surface area contributed by atoms with Crippen LogP contribution in [0.5, 0.6) is 0 Å². The Morgan fingerprint density at radius 2 is 2.07 bits per heavy atom. The van der Waals surface area contributed by atoms with Crippen molar-refractivity contribution in [2.45, 2.75) is 30.9 Å². The molecule has 0 radical (unpaired) electrons. The number of hydrogen-bond acceptors (Lipinski definition) is 3. The fourth-order valence-corrected chi connectivity index (χ4v) is 4.96. The van der Waals surface area contributed by atoms with E-state index in [0.717, 1.165) is 17.0 Å². The smallest absolute Gasteiger partial charge is 0.0340 e. The zero-order valence-electron chi connectivity index (χ0n) is 9.07. The molecular formula is C11H16BrNS2. The van der Waals surface area contributed by atoms with E-state index in [1.54, 1.807) is 0 Å². The second-order valence-electron chi connectivity index (χ2n) is 4.14. The maximum Gasteiger partial charge on any atom is 0.0340 e. The highest BCUT2D eigenvalue weighted by Gasteiger charge is 2.22. The first-order valence-corrected chi connectivity index (χ1v) is 7.86. The number of hydrogen-bond donors (Lipinski definition) is 0. The lowest BCUT2D eigenvalue weighted by Gasteiger charge is -2.34. The van der Waals surface area contributed by atoms with Gasteiger partial charge in [-0.2, -0.15) is 11.8 Å². The van der Waals surface area contributed by atoms with Gasteiger partial charge in [-0.1, -0.05) is 13.8 Å². The molecule has 84 valence electrons. The first-order valence-electron chi connectivity index (χ1n) is 5.25. The van der Waals surface area contributed by atoms with Gasteiger partial charge < -0.3 is 0 Å². The van der Waals surface area contributed by atoms with Gasteiger partial charge in [-0.15, -0.1) is 11.3 Å². The molecule has 2 rings (SSSR count). The van der Waals surface area contributed by atoms with Gasteiger partial charge >= 0.3 is 0 Å². The van der Waals surface area contributed by atoms with Gasteiger partial charge in [0, 0.05) is 39.5 Å². The van der Waals surface area contributed by atoms with E-state index in [2.05, 4.69) is 57.9 Å². The first kappa shape index (κ1) is 12.0. The van der Waals surface area contributed by atoms with Crippen molar-refractivity contribution in [3.63, 3.8) is 0 Å². The number of halogens is 1. The standard InChI is InChI=1S/C11H16BrNS2/c1-8-5-13(6-9(2)15-8)7-11-10(12)3-4-14-11/h3-4,8-9H,5-7H2,1-2H3. The lowest BCUT2D eigenvalue weighted by molar-refractivity contribution is 0.264. The van der Waals surface area contributed by atoms with Gasteiger partial charge in [0.15, 0.2) is 0 Å². The Bertz CT molecular complexity index is 316. The molecule has 4 heteroatoms. The van der Waals surface area contributed by atoms with Gasteiger partial charge in [0.05, 0.1) is 0 Å². The monoisotopic (exact) mass is 305 g/mol. The minimum absolute atomic E-state index is 0.771. The van der Waals surface area contributed by atoms with Crippen molar-refractivity contribution in [3.8, 4) is 0 Å². The predicted molar refractivity (Wildman–Crippen MR) is 73.8 cm³/mol. The summed E-state index contributed by atoms with van der Waals surface area (Å²) in [5.74, 6) is 0. The zero-order chi connectivity index (χ0) is 10.8. The summed E-state index contributed by atoms with van der Waals surface area (Å²) in [4.78, 5) is 4.03. The van der Waals surface area contributed by atoms with E-state index in [-0.39, 0.29) is 0 Å². The Balaban J connectivity index is 1.97. The van der Waals surface area contributed by atoms with Gasteiger partial charge in [-0.3, -0.25) is 4.90 Å². The van der Waals surface area contributed by atoms with Crippen molar-refractivity contribution in [2.24, 2.45) is 0 Å². The summed E-state index contributed by atoms with van der Waals surface area (Å²) >= 11 is 7.56. The normalized spacial score (nSPS) is 28.2. The lowest BCUT2D eigenvalue weighted by atomic mass is 10.3. The van der Waals surface area contributed by atoms with Crippen LogP contribution in [-0.4, -0.2) is 28.5 Å². The van der Waals surface area contributed by atoms with Crippen LogP contribution in [0.1, 0.15) is 18.7 Å². The van der Waals surface area contributed by atoms with Gasteiger partial charge in [0.1, 0.15) is 0 Å². The van der Waals surface area contributed by atoms with E-state index >= 15 is 0 Å². The SMILES string of the molecule is CC1CN(Cc2sccc2Br)CC(C)S1. The van der Waals surface area contributed by atoms with E-state index in [0.29, 0.717) is 0 Å². The minimum atomic E-state index is 0.771. The van der Waals surface area contributed by atoms with E-state index < -0.39 is 0 Å². The Morgan fingerprint density at radius 1 is 1.40 bits per heavy atom. The van der Waals surface area contributed by atoms with Crippen molar-refractivity contribution in [2.75, 3.05) is 13.1 Å². The molecule has 1 saturated heterocycles. The lowest BCUT2D eigenvalue weighted by Crippen LogP contribution is -2.39. The van der Waals surface area contributed by atoms with Gasteiger partial charge in [-0.05, 0) is 27.4 Å². The molecule has 1 fully saturated rings. The number of nitrogens with zero attached hydrogens (tertiary/aromatic N) is 1. The highest BCUT2D eigenvalue weighted by molar-refractivity contribution is 9.10. The van der Waals surface area contributed by atoms with E-state index in [1.807, 2.05) is 11.3 Å². The fourth-order valence-electron chi connectivity index (χ4n) is 2.05. The van der Waals surface area contributed by atoms with Gasteiger partial charge in [0.25, 0.3) is 0 Å². The summed E-state index contributed by atoms with van der Waals surface area (Å²) in [6, 6.07) is 2.14. The van der Waals surface area contributed by atoms with E-state index in [1.165, 1.54) is 22.4 Å². The van der Waals surface area contributed by atoms with Gasteiger partial charge in [0.2, 0.25) is 0 Å². The average molecular weight is 306 g/mol. The molecule has 0 amide bonds. The van der Waals surface area contributed by atoms with Crippen LogP contribution in [0.25, 0.3) is 0 Å². The van der Waals surface area contributed by atoms with Crippen LogP contribution in [0.15, 0.2) is 15.9 Å². The number of thiophene rings is 1. The molecule has 1 nitrogen and oxygen atoms in total. The average Bonchev–Trinajstić information content (AvgIpc) is 2.50. The Kier molecular flexibility index (Phi) is 4.16. The molecule has 15 heavy (non-hydrogen) atoms. The maximum atomic E-state index is 3.60.